The Morgan fingerprint density at radius 1 is 1.11 bits per heavy atom. The average molecular weight is 605 g/mol. The summed E-state index contributed by atoms with van der Waals surface area (Å²) in [6, 6.07) is 17.8. The van der Waals surface area contributed by atoms with E-state index in [0.29, 0.717) is 31.4 Å². The van der Waals surface area contributed by atoms with Gasteiger partial charge >= 0.3 is 6.18 Å². The fraction of sp³-hybridized carbons (Fsp3) is 0.400. The Labute approximate surface area is 254 Å². The van der Waals surface area contributed by atoms with E-state index >= 15 is 0 Å². The predicted molar refractivity (Wildman–Crippen MR) is 159 cm³/mol. The molecule has 1 spiro atoms. The number of aliphatic hydroxyl groups is 1. The molecule has 3 aromatic carbocycles. The number of alkyl halides is 3. The van der Waals surface area contributed by atoms with Crippen LogP contribution in [0.15, 0.2) is 72.8 Å². The predicted octanol–water partition coefficient (Wildman–Crippen LogP) is 5.35. The number of aromatic hydroxyl groups is 1. The number of hydrogen-bond acceptors (Lipinski definition) is 5. The third-order valence-corrected chi connectivity index (χ3v) is 10.5. The Kier molecular flexibility index (Phi) is 6.82. The van der Waals surface area contributed by atoms with Crippen molar-refractivity contribution in [2.75, 3.05) is 20.1 Å². The van der Waals surface area contributed by atoms with Crippen LogP contribution in [-0.4, -0.2) is 69.8 Å². The Hall–Kier alpha value is -3.82. The molecule has 1 saturated carbocycles. The van der Waals surface area contributed by atoms with Crippen LogP contribution in [0.1, 0.15) is 47.1 Å². The molecule has 3 aromatic rings. The van der Waals surface area contributed by atoms with E-state index in [4.69, 9.17) is 4.74 Å². The van der Waals surface area contributed by atoms with Gasteiger partial charge in [-0.2, -0.15) is 13.2 Å². The number of hydrogen-bond donors (Lipinski definition) is 2. The summed E-state index contributed by atoms with van der Waals surface area (Å²) in [5, 5.41) is 24.0. The van der Waals surface area contributed by atoms with Crippen molar-refractivity contribution < 1.29 is 32.9 Å². The van der Waals surface area contributed by atoms with E-state index in [9.17, 15) is 28.2 Å². The van der Waals surface area contributed by atoms with E-state index < -0.39 is 34.7 Å². The minimum Gasteiger partial charge on any atom is -0.504 e. The van der Waals surface area contributed by atoms with Gasteiger partial charge in [0.05, 0.1) is 17.0 Å². The average Bonchev–Trinajstić information content (AvgIpc) is 3.35. The number of likely N-dealkylation sites (N-methyl/N-ethyl adjacent to an activating group) is 1. The van der Waals surface area contributed by atoms with E-state index in [0.717, 1.165) is 42.8 Å². The van der Waals surface area contributed by atoms with Crippen molar-refractivity contribution in [3.8, 4) is 11.5 Å². The van der Waals surface area contributed by atoms with Crippen LogP contribution in [0.25, 0.3) is 6.08 Å². The molecule has 0 unspecified atom stereocenters. The largest absolute Gasteiger partial charge is 0.504 e. The molecule has 230 valence electrons. The van der Waals surface area contributed by atoms with E-state index in [2.05, 4.69) is 17.0 Å². The zero-order valence-electron chi connectivity index (χ0n) is 24.4. The lowest BCUT2D eigenvalue weighted by Gasteiger charge is -2.66. The first-order valence-corrected chi connectivity index (χ1v) is 15.2. The van der Waals surface area contributed by atoms with Crippen molar-refractivity contribution in [1.29, 1.82) is 0 Å². The Balaban J connectivity index is 1.24. The fourth-order valence-electron chi connectivity index (χ4n) is 8.57. The Morgan fingerprint density at radius 2 is 1.91 bits per heavy atom. The summed E-state index contributed by atoms with van der Waals surface area (Å²) in [5.74, 6) is 0.108. The number of nitrogens with zero attached hydrogens (tertiary/aromatic N) is 2. The van der Waals surface area contributed by atoms with Crippen LogP contribution in [0.5, 0.6) is 11.5 Å². The first-order valence-electron chi connectivity index (χ1n) is 15.2. The summed E-state index contributed by atoms with van der Waals surface area (Å²) >= 11 is 0. The molecule has 2 heterocycles. The van der Waals surface area contributed by atoms with Crippen molar-refractivity contribution >= 4 is 12.0 Å². The summed E-state index contributed by atoms with van der Waals surface area (Å²) in [7, 11) is 1.66. The molecule has 5 atom stereocenters. The number of ether oxygens (including phenoxy) is 1. The number of carbonyl (C=O) groups is 1. The van der Waals surface area contributed by atoms with E-state index in [1.54, 1.807) is 18.0 Å². The minimum atomic E-state index is -4.48. The summed E-state index contributed by atoms with van der Waals surface area (Å²) in [4.78, 5) is 17.5. The highest BCUT2D eigenvalue weighted by Gasteiger charge is 2.74. The van der Waals surface area contributed by atoms with Gasteiger partial charge in [-0.15, -0.1) is 0 Å². The van der Waals surface area contributed by atoms with Gasteiger partial charge in [0.15, 0.2) is 11.5 Å². The van der Waals surface area contributed by atoms with Crippen LogP contribution in [-0.2, 0) is 29.2 Å². The number of piperidine rings is 1. The lowest BCUT2D eigenvalue weighted by atomic mass is 9.47. The van der Waals surface area contributed by atoms with Gasteiger partial charge in [-0.1, -0.05) is 48.5 Å². The van der Waals surface area contributed by atoms with Gasteiger partial charge in [-0.25, -0.2) is 0 Å². The molecule has 4 aliphatic rings. The molecule has 44 heavy (non-hydrogen) atoms. The first-order chi connectivity index (χ1) is 21.0. The molecule has 6 nitrogen and oxygen atoms in total. The SMILES string of the molecule is CN(C(=O)C=Cc1cccc(C(F)(F)F)c1)[C@H]1CC[C@@H]2Oc3c(O)ccc4c3[C@@]23CCN(CCc2ccccc2)[C@H](C4)[C@]13O. The monoisotopic (exact) mass is 604 g/mol. The molecule has 9 heteroatoms. The maximum Gasteiger partial charge on any atom is 0.416 e. The zero-order valence-corrected chi connectivity index (χ0v) is 24.4. The van der Waals surface area contributed by atoms with E-state index in [1.165, 1.54) is 29.8 Å². The normalized spacial score (nSPS) is 28.9. The number of likely N-dealkylation sites (tertiary alicyclic amines) is 1. The number of amides is 1. The maximum absolute atomic E-state index is 13.6. The summed E-state index contributed by atoms with van der Waals surface area (Å²) in [6.07, 6.45) is 0.893. The van der Waals surface area contributed by atoms with Crippen LogP contribution in [0, 0.1) is 0 Å². The standard InChI is InChI=1S/C35H35F3N2O4/c1-39(30(42)15-10-23-8-5-9-25(20-23)35(36,37)38)27-13-14-29-33-17-19-40(18-16-22-6-3-2-4-7-22)28(34(27,33)43)21-24-11-12-26(41)32(44-29)31(24)33/h2-12,15,20,27-29,41,43H,13-14,16-19,21H2,1H3/t27-,28+,29-,33+,34+/m0/s1. The quantitative estimate of drug-likeness (QED) is 0.372. The second-order valence-corrected chi connectivity index (χ2v) is 12.6. The lowest BCUT2D eigenvalue weighted by Crippen LogP contribution is -2.81. The molecule has 2 aliphatic carbocycles. The Morgan fingerprint density at radius 3 is 2.68 bits per heavy atom. The van der Waals surface area contributed by atoms with E-state index in [1.807, 2.05) is 24.3 Å². The van der Waals surface area contributed by atoms with E-state index in [-0.39, 0.29) is 23.5 Å². The molecule has 1 saturated heterocycles. The number of rotatable bonds is 6. The first kappa shape index (κ1) is 28.9. The third-order valence-electron chi connectivity index (χ3n) is 10.5. The van der Waals surface area contributed by atoms with Gasteiger partial charge in [-0.3, -0.25) is 9.69 Å². The summed E-state index contributed by atoms with van der Waals surface area (Å²) < 4.78 is 46.2. The van der Waals surface area contributed by atoms with Gasteiger partial charge in [0.25, 0.3) is 0 Å². The molecular formula is C35H35F3N2O4. The van der Waals surface area contributed by atoms with Gasteiger partial charge in [-0.05, 0) is 79.6 Å². The second-order valence-electron chi connectivity index (χ2n) is 12.6. The number of phenols is 1. The number of benzene rings is 3. The molecule has 2 aliphatic heterocycles. The van der Waals surface area contributed by atoms with Crippen molar-refractivity contribution in [1.82, 2.24) is 9.80 Å². The fourth-order valence-corrected chi connectivity index (χ4v) is 8.57. The van der Waals surface area contributed by atoms with Crippen molar-refractivity contribution in [3.05, 3.63) is 101 Å². The zero-order chi connectivity index (χ0) is 30.9. The van der Waals surface area contributed by atoms with Crippen molar-refractivity contribution in [2.45, 2.75) is 67.5 Å². The molecule has 0 aromatic heterocycles. The molecule has 1 amide bonds. The Bertz CT molecular complexity index is 1630. The maximum atomic E-state index is 13.6. The number of phenolic OH excluding ortho intramolecular Hbond substituents is 1. The molecule has 2 fully saturated rings. The lowest BCUT2D eigenvalue weighted by molar-refractivity contribution is -0.216. The molecule has 7 rings (SSSR count). The summed E-state index contributed by atoms with van der Waals surface area (Å²) in [5.41, 5.74) is 0.431. The number of halogens is 3. The van der Waals surface area contributed by atoms with Crippen LogP contribution >= 0.6 is 0 Å². The molecular weight excluding hydrogens is 569 g/mol. The highest BCUT2D eigenvalue weighted by atomic mass is 19.4. The van der Waals surface area contributed by atoms with Crippen LogP contribution in [0.2, 0.25) is 0 Å². The highest BCUT2D eigenvalue weighted by Crippen LogP contribution is 2.66. The smallest absolute Gasteiger partial charge is 0.416 e. The van der Waals surface area contributed by atoms with Gasteiger partial charge in [0, 0.05) is 31.3 Å². The number of carbonyl (C=O) groups excluding carboxylic acids is 1. The van der Waals surface area contributed by atoms with Crippen molar-refractivity contribution in [2.24, 2.45) is 0 Å². The van der Waals surface area contributed by atoms with Crippen LogP contribution in [0.4, 0.5) is 13.2 Å². The second kappa shape index (κ2) is 10.4. The molecule has 0 radical (unpaired) electrons. The topological polar surface area (TPSA) is 73.2 Å². The molecule has 2 bridgehead atoms. The van der Waals surface area contributed by atoms with Crippen LogP contribution < -0.4 is 4.74 Å². The minimum absolute atomic E-state index is 0.0600. The third kappa shape index (κ3) is 4.27. The summed E-state index contributed by atoms with van der Waals surface area (Å²) in [6.45, 7) is 1.48. The molecule has 2 N–H and O–H groups in total. The van der Waals surface area contributed by atoms with Crippen LogP contribution in [0.3, 0.4) is 0 Å². The highest BCUT2D eigenvalue weighted by molar-refractivity contribution is 5.92. The van der Waals surface area contributed by atoms with Gasteiger partial charge in [0.2, 0.25) is 5.91 Å². The van der Waals surface area contributed by atoms with Crippen molar-refractivity contribution in [3.63, 3.8) is 0 Å². The van der Waals surface area contributed by atoms with Gasteiger partial charge < -0.3 is 19.8 Å². The van der Waals surface area contributed by atoms with Gasteiger partial charge in [0.1, 0.15) is 11.7 Å².